The van der Waals surface area contributed by atoms with Gasteiger partial charge in [0, 0.05) is 19.3 Å². The molecule has 0 aromatic rings. The number of carboxylic acids is 1. The Morgan fingerprint density at radius 3 is 1.37 bits per heavy atom. The van der Waals surface area contributed by atoms with Crippen molar-refractivity contribution in [3.63, 3.8) is 0 Å². The Morgan fingerprint density at radius 2 is 0.890 bits per heavy atom. The van der Waals surface area contributed by atoms with E-state index in [1.807, 2.05) is 12.2 Å². The van der Waals surface area contributed by atoms with Crippen LogP contribution in [0, 0.1) is 0 Å². The van der Waals surface area contributed by atoms with Crippen molar-refractivity contribution in [3.8, 4) is 0 Å². The first-order chi connectivity index (χ1) is 35.6. The first-order valence-corrected chi connectivity index (χ1v) is 28.6. The number of carboxylic acid groups (broad SMARTS) is 1. The average Bonchev–Trinajstić information content (AvgIpc) is 3.37. The lowest BCUT2D eigenvalue weighted by Crippen LogP contribution is -2.61. The zero-order valence-electron chi connectivity index (χ0n) is 45.6. The van der Waals surface area contributed by atoms with E-state index in [4.69, 9.17) is 23.7 Å². The van der Waals surface area contributed by atoms with Gasteiger partial charge in [-0.3, -0.25) is 14.4 Å². The van der Waals surface area contributed by atoms with Crippen LogP contribution in [0.3, 0.4) is 0 Å². The molecule has 12 heteroatoms. The zero-order valence-corrected chi connectivity index (χ0v) is 45.6. The highest BCUT2D eigenvalue weighted by molar-refractivity contribution is 5.74. The minimum Gasteiger partial charge on any atom is -0.479 e. The zero-order chi connectivity index (χ0) is 53.3. The summed E-state index contributed by atoms with van der Waals surface area (Å²) < 4.78 is 28.2. The maximum Gasteiger partial charge on any atom is 0.335 e. The lowest BCUT2D eigenvalue weighted by molar-refractivity contribution is -0.301. The summed E-state index contributed by atoms with van der Waals surface area (Å²) in [7, 11) is 0. The van der Waals surface area contributed by atoms with Crippen LogP contribution in [0.4, 0.5) is 0 Å². The Kier molecular flexibility index (Phi) is 44.7. The van der Waals surface area contributed by atoms with Gasteiger partial charge in [0.15, 0.2) is 24.6 Å². The van der Waals surface area contributed by atoms with Crippen molar-refractivity contribution < 1.29 is 58.2 Å². The Morgan fingerprint density at radius 1 is 0.466 bits per heavy atom. The summed E-state index contributed by atoms with van der Waals surface area (Å²) in [6.45, 7) is 5.68. The molecular weight excluding hydrogens is 925 g/mol. The molecule has 0 aromatic carbocycles. The fraction of sp³-hybridized carbons (Fsp3) is 0.705. The summed E-state index contributed by atoms with van der Waals surface area (Å²) in [5, 5.41) is 31.4. The molecule has 1 aliphatic heterocycles. The predicted molar refractivity (Wildman–Crippen MR) is 294 cm³/mol. The molecule has 1 fully saturated rings. The monoisotopic (exact) mass is 1020 g/mol. The molecule has 6 atom stereocenters. The molecule has 3 N–H and O–H groups in total. The van der Waals surface area contributed by atoms with Crippen molar-refractivity contribution in [2.75, 3.05) is 13.2 Å². The first-order valence-electron chi connectivity index (χ1n) is 28.6. The van der Waals surface area contributed by atoms with Crippen LogP contribution in [-0.2, 0) is 42.9 Å². The number of unbranched alkanes of at least 4 members (excludes halogenated alkanes) is 19. The van der Waals surface area contributed by atoms with E-state index in [9.17, 15) is 34.5 Å². The number of aliphatic carboxylic acids is 1. The van der Waals surface area contributed by atoms with Crippen molar-refractivity contribution in [1.29, 1.82) is 0 Å². The van der Waals surface area contributed by atoms with Gasteiger partial charge in [-0.15, -0.1) is 0 Å². The van der Waals surface area contributed by atoms with Crippen LogP contribution >= 0.6 is 0 Å². The Labute approximate surface area is 441 Å². The molecule has 416 valence electrons. The highest BCUT2D eigenvalue weighted by Crippen LogP contribution is 2.26. The maximum atomic E-state index is 13.1. The van der Waals surface area contributed by atoms with Gasteiger partial charge in [-0.05, 0) is 77.0 Å². The molecule has 0 bridgehead atoms. The van der Waals surface area contributed by atoms with Gasteiger partial charge in [0.25, 0.3) is 0 Å². The van der Waals surface area contributed by atoms with E-state index in [2.05, 4.69) is 93.7 Å². The van der Waals surface area contributed by atoms with Crippen molar-refractivity contribution in [2.45, 2.75) is 263 Å². The molecular formula is C61H100O12. The van der Waals surface area contributed by atoms with Crippen LogP contribution in [0.25, 0.3) is 0 Å². The lowest BCUT2D eigenvalue weighted by Gasteiger charge is -2.40. The summed E-state index contributed by atoms with van der Waals surface area (Å²) >= 11 is 0. The van der Waals surface area contributed by atoms with Gasteiger partial charge in [-0.1, -0.05) is 215 Å². The van der Waals surface area contributed by atoms with Crippen LogP contribution in [-0.4, -0.2) is 89.2 Å². The number of aliphatic hydroxyl groups excluding tert-OH is 2. The highest BCUT2D eigenvalue weighted by Gasteiger charge is 2.50. The number of carbonyl (C=O) groups excluding carboxylic acids is 3. The van der Waals surface area contributed by atoms with Gasteiger partial charge in [0.2, 0.25) is 0 Å². The summed E-state index contributed by atoms with van der Waals surface area (Å²) in [6, 6.07) is 0. The summed E-state index contributed by atoms with van der Waals surface area (Å²) in [4.78, 5) is 51.0. The number of ether oxygens (including phenoxy) is 5. The topological polar surface area (TPSA) is 175 Å². The minimum atomic E-state index is -1.92. The molecule has 0 aromatic heterocycles. The van der Waals surface area contributed by atoms with Crippen LogP contribution in [0.15, 0.2) is 85.1 Å². The molecule has 6 unspecified atom stereocenters. The number of rotatable bonds is 47. The van der Waals surface area contributed by atoms with E-state index in [-0.39, 0.29) is 25.9 Å². The number of esters is 3. The van der Waals surface area contributed by atoms with Crippen molar-refractivity contribution in [1.82, 2.24) is 0 Å². The number of hydrogen-bond donors (Lipinski definition) is 3. The molecule has 0 spiro atoms. The molecule has 0 saturated carbocycles. The van der Waals surface area contributed by atoms with E-state index >= 15 is 0 Å². The number of allylic oxidation sites excluding steroid dienone is 14. The van der Waals surface area contributed by atoms with Gasteiger partial charge in [0.05, 0.1) is 6.61 Å². The molecule has 1 rings (SSSR count). The number of hydrogen-bond acceptors (Lipinski definition) is 11. The third-order valence-corrected chi connectivity index (χ3v) is 12.5. The van der Waals surface area contributed by atoms with Gasteiger partial charge in [-0.25, -0.2) is 4.79 Å². The number of carbonyl (C=O) groups is 4. The highest BCUT2D eigenvalue weighted by atomic mass is 16.7. The predicted octanol–water partition coefficient (Wildman–Crippen LogP) is 14.3. The van der Waals surface area contributed by atoms with Crippen LogP contribution < -0.4 is 0 Å². The Bertz CT molecular complexity index is 1590. The molecule has 0 radical (unpaired) electrons. The lowest BCUT2D eigenvalue weighted by atomic mass is 9.98. The van der Waals surface area contributed by atoms with Gasteiger partial charge < -0.3 is 39.0 Å². The minimum absolute atomic E-state index is 0.0149. The smallest absolute Gasteiger partial charge is 0.335 e. The second-order valence-electron chi connectivity index (χ2n) is 19.2. The van der Waals surface area contributed by atoms with Crippen LogP contribution in [0.5, 0.6) is 0 Å². The molecule has 0 amide bonds. The van der Waals surface area contributed by atoms with Crippen LogP contribution in [0.1, 0.15) is 226 Å². The second kappa shape index (κ2) is 48.8. The van der Waals surface area contributed by atoms with E-state index in [0.29, 0.717) is 25.7 Å². The standard InChI is InChI=1S/C61H100O12/c1-4-7-10-13-16-19-22-25-26-27-28-31-32-35-38-41-44-47-53(62)69-50-52(71-54(63)48-45-42-39-36-33-29-23-20-17-14-11-8-5-2)51-70-61-59(57(66)56(65)58(73-61)60(67)68)72-55(64)49-46-43-40-37-34-30-24-21-18-15-12-9-6-3/h8-9,11-12,17-18,20-21,29-30,33-34,39,42,52,56-59,61,65-66H,4-7,10,13-16,19,22-28,31-32,35-38,40-41,43-51H2,1-3H3,(H,67,68)/b11-8-,12-9-,20-17-,21-18-,33-29-,34-30-,42-39-. The molecule has 1 aliphatic rings. The normalized spacial score (nSPS) is 18.9. The SMILES string of the molecule is CC/C=C\C/C=C\C/C=C\C/C=C\CCC(=O)OC(COC(=O)CCCCCCCCCCCCCCCCCCC)COC1OC(C(=O)O)C(O)C(O)C1OC(=O)CCCCC/C=C\C/C=C\C/C=C\CC. The van der Waals surface area contributed by atoms with E-state index < -0.39 is 67.3 Å². The van der Waals surface area contributed by atoms with E-state index in [0.717, 1.165) is 77.0 Å². The molecule has 1 heterocycles. The summed E-state index contributed by atoms with van der Waals surface area (Å²) in [6.07, 6.45) is 50.2. The third-order valence-electron chi connectivity index (χ3n) is 12.5. The van der Waals surface area contributed by atoms with Crippen molar-refractivity contribution >= 4 is 23.9 Å². The third kappa shape index (κ3) is 39.0. The molecule has 0 aliphatic carbocycles. The summed E-state index contributed by atoms with van der Waals surface area (Å²) in [5.41, 5.74) is 0. The molecule has 1 saturated heterocycles. The maximum absolute atomic E-state index is 13.1. The Balaban J connectivity index is 2.74. The van der Waals surface area contributed by atoms with Crippen molar-refractivity contribution in [2.24, 2.45) is 0 Å². The van der Waals surface area contributed by atoms with E-state index in [1.54, 1.807) is 0 Å². The second-order valence-corrected chi connectivity index (χ2v) is 19.2. The molecule has 73 heavy (non-hydrogen) atoms. The Hall–Kier alpha value is -4.10. The average molecular weight is 1030 g/mol. The fourth-order valence-electron chi connectivity index (χ4n) is 8.16. The quantitative estimate of drug-likeness (QED) is 0.0228. The van der Waals surface area contributed by atoms with Gasteiger partial charge >= 0.3 is 23.9 Å². The van der Waals surface area contributed by atoms with Crippen LogP contribution in [0.2, 0.25) is 0 Å². The largest absolute Gasteiger partial charge is 0.479 e. The summed E-state index contributed by atoms with van der Waals surface area (Å²) in [5.74, 6) is -3.27. The molecule has 12 nitrogen and oxygen atoms in total. The first kappa shape index (κ1) is 66.9. The van der Waals surface area contributed by atoms with E-state index in [1.165, 1.54) is 83.5 Å². The van der Waals surface area contributed by atoms with Gasteiger partial charge in [-0.2, -0.15) is 0 Å². The van der Waals surface area contributed by atoms with Gasteiger partial charge in [0.1, 0.15) is 18.8 Å². The fourth-order valence-corrected chi connectivity index (χ4v) is 8.16. The van der Waals surface area contributed by atoms with Crippen molar-refractivity contribution in [3.05, 3.63) is 85.1 Å². The number of aliphatic hydroxyl groups is 2.